The van der Waals surface area contributed by atoms with Crippen LogP contribution in [0.25, 0.3) is 0 Å². The highest BCUT2D eigenvalue weighted by Crippen LogP contribution is 2.43. The number of benzene rings is 1. The van der Waals surface area contributed by atoms with E-state index >= 15 is 0 Å². The van der Waals surface area contributed by atoms with Gasteiger partial charge in [-0.2, -0.15) is 0 Å². The number of ether oxygens (including phenoxy) is 5. The Labute approximate surface area is 173 Å². The number of allylic oxidation sites excluding steroid dienone is 2. The molecule has 0 saturated heterocycles. The van der Waals surface area contributed by atoms with E-state index in [-0.39, 0.29) is 30.3 Å². The van der Waals surface area contributed by atoms with Crippen LogP contribution in [0.2, 0.25) is 0 Å². The van der Waals surface area contributed by atoms with Crippen LogP contribution in [0.5, 0.6) is 11.5 Å². The number of esters is 2. The molecule has 0 fully saturated rings. The Morgan fingerprint density at radius 1 is 1.21 bits per heavy atom. The Morgan fingerprint density at radius 2 is 1.93 bits per heavy atom. The van der Waals surface area contributed by atoms with Gasteiger partial charge in [-0.15, -0.1) is 0 Å². The number of alkyl halides is 1. The third kappa shape index (κ3) is 5.20. The van der Waals surface area contributed by atoms with E-state index in [1.54, 1.807) is 6.92 Å². The zero-order valence-corrected chi connectivity index (χ0v) is 17.5. The van der Waals surface area contributed by atoms with Gasteiger partial charge in [0.25, 0.3) is 0 Å². The number of fused-ring (bicyclic) bond motifs is 1. The van der Waals surface area contributed by atoms with Gasteiger partial charge in [-0.3, -0.25) is 4.79 Å². The lowest BCUT2D eigenvalue weighted by Gasteiger charge is -2.18. The van der Waals surface area contributed by atoms with Crippen molar-refractivity contribution >= 4 is 29.7 Å². The molecule has 0 spiro atoms. The predicted octanol–water partition coefficient (Wildman–Crippen LogP) is 3.83. The van der Waals surface area contributed by atoms with Crippen molar-refractivity contribution in [1.29, 1.82) is 0 Å². The molecule has 0 aliphatic carbocycles. The minimum absolute atomic E-state index is 0.0251. The third-order valence-electron chi connectivity index (χ3n) is 4.59. The Balaban J connectivity index is 2.46. The minimum atomic E-state index is -1.04. The molecule has 1 aliphatic heterocycles. The topological polar surface area (TPSA) is 97.4 Å². The summed E-state index contributed by atoms with van der Waals surface area (Å²) in [6, 6.07) is -0.393. The lowest BCUT2D eigenvalue weighted by Crippen LogP contribution is -2.15. The molecule has 1 aliphatic rings. The van der Waals surface area contributed by atoms with Crippen molar-refractivity contribution in [3.63, 3.8) is 0 Å². The maximum atomic E-state index is 12.3. The molecule has 1 aromatic carbocycles. The number of halogens is 1. The molecular formula is C20H23ClO8. The molecule has 0 unspecified atom stereocenters. The molecular weight excluding hydrogens is 404 g/mol. The smallest absolute Gasteiger partial charge is 0.496 e. The van der Waals surface area contributed by atoms with Crippen LogP contribution in [-0.4, -0.2) is 38.4 Å². The van der Waals surface area contributed by atoms with Gasteiger partial charge in [-0.1, -0.05) is 23.3 Å². The maximum absolute atomic E-state index is 12.3. The number of carbonyl (C=O) groups is 3. The van der Waals surface area contributed by atoms with Crippen molar-refractivity contribution in [2.24, 2.45) is 0 Å². The summed E-state index contributed by atoms with van der Waals surface area (Å²) < 4.78 is 25.3. The number of hydrogen-bond acceptors (Lipinski definition) is 8. The molecule has 0 saturated carbocycles. The second-order valence-corrected chi connectivity index (χ2v) is 6.55. The van der Waals surface area contributed by atoms with Gasteiger partial charge in [0.2, 0.25) is 0 Å². The number of methoxy groups -OCH3 is 2. The Kier molecular flexibility index (Phi) is 7.90. The van der Waals surface area contributed by atoms with Gasteiger partial charge < -0.3 is 23.7 Å². The van der Waals surface area contributed by atoms with Gasteiger partial charge in [0.1, 0.15) is 17.9 Å². The first-order chi connectivity index (χ1) is 13.8. The molecule has 1 aromatic rings. The molecule has 158 valence electrons. The molecule has 1 heterocycles. The van der Waals surface area contributed by atoms with E-state index < -0.39 is 18.2 Å². The Hall–Kier alpha value is -2.74. The first-order valence-corrected chi connectivity index (χ1v) is 9.39. The fraction of sp³-hybridized carbons (Fsp3) is 0.450. The molecule has 9 heteroatoms. The number of hydrogen-bond donors (Lipinski definition) is 0. The lowest BCUT2D eigenvalue weighted by molar-refractivity contribution is -0.140. The van der Waals surface area contributed by atoms with Crippen molar-refractivity contribution < 1.29 is 38.1 Å². The fourth-order valence-electron chi connectivity index (χ4n) is 3.06. The Bertz CT molecular complexity index is 844. The monoisotopic (exact) mass is 426 g/mol. The van der Waals surface area contributed by atoms with Gasteiger partial charge >= 0.3 is 18.1 Å². The van der Waals surface area contributed by atoms with E-state index in [0.29, 0.717) is 29.7 Å². The SMILES string of the molecule is COC(=O)CC/C(C)=C/Cc1c(OC)c(C)c2c(c1OC(=O)OCCl)C(=O)OC2. The van der Waals surface area contributed by atoms with Crippen molar-refractivity contribution in [1.82, 2.24) is 0 Å². The zero-order chi connectivity index (χ0) is 21.6. The largest absolute Gasteiger partial charge is 0.515 e. The normalized spacial score (nSPS) is 12.9. The first-order valence-electron chi connectivity index (χ1n) is 8.86. The summed E-state index contributed by atoms with van der Waals surface area (Å²) in [5.74, 6) is -0.392. The average molecular weight is 427 g/mol. The van der Waals surface area contributed by atoms with Crippen molar-refractivity contribution in [2.45, 2.75) is 39.7 Å². The molecule has 0 radical (unpaired) electrons. The highest BCUT2D eigenvalue weighted by Gasteiger charge is 2.34. The third-order valence-corrected chi connectivity index (χ3v) is 4.70. The zero-order valence-electron chi connectivity index (χ0n) is 16.8. The number of cyclic esters (lactones) is 1. The van der Waals surface area contributed by atoms with Gasteiger partial charge in [-0.05, 0) is 32.3 Å². The highest BCUT2D eigenvalue weighted by atomic mass is 35.5. The van der Waals surface area contributed by atoms with Crippen LogP contribution in [-0.2, 0) is 32.0 Å². The molecule has 2 rings (SSSR count). The summed E-state index contributed by atoms with van der Waals surface area (Å²) in [7, 11) is 2.83. The summed E-state index contributed by atoms with van der Waals surface area (Å²) in [5, 5.41) is 0. The van der Waals surface area contributed by atoms with Crippen LogP contribution in [0, 0.1) is 6.92 Å². The molecule has 0 N–H and O–H groups in total. The molecule has 8 nitrogen and oxygen atoms in total. The van der Waals surface area contributed by atoms with Crippen LogP contribution in [0.3, 0.4) is 0 Å². The van der Waals surface area contributed by atoms with E-state index in [4.69, 9.17) is 25.8 Å². The molecule has 0 atom stereocenters. The van der Waals surface area contributed by atoms with E-state index in [0.717, 1.165) is 11.1 Å². The second-order valence-electron chi connectivity index (χ2n) is 6.33. The highest BCUT2D eigenvalue weighted by molar-refractivity contribution is 6.17. The van der Waals surface area contributed by atoms with Crippen molar-refractivity contribution in [3.8, 4) is 11.5 Å². The van der Waals surface area contributed by atoms with E-state index in [1.807, 2.05) is 13.0 Å². The van der Waals surface area contributed by atoms with Gasteiger partial charge in [0.05, 0.1) is 14.2 Å². The predicted molar refractivity (Wildman–Crippen MR) is 103 cm³/mol. The maximum Gasteiger partial charge on any atom is 0.515 e. The summed E-state index contributed by atoms with van der Waals surface area (Å²) in [4.78, 5) is 35.5. The molecule has 0 bridgehead atoms. The van der Waals surface area contributed by atoms with E-state index in [1.165, 1.54) is 14.2 Å². The molecule has 0 aromatic heterocycles. The van der Waals surface area contributed by atoms with Crippen LogP contribution in [0.15, 0.2) is 11.6 Å². The quantitative estimate of drug-likeness (QED) is 0.203. The standard InChI is InChI=1S/C20H23ClO8/c1-11(6-8-15(22)25-3)5-7-13-17(26-4)12(2)14-9-27-19(23)16(14)18(13)29-20(24)28-10-21/h5H,6-10H2,1-4H3/b11-5+. The number of carbonyl (C=O) groups excluding carboxylic acids is 3. The van der Waals surface area contributed by atoms with Crippen LogP contribution in [0.1, 0.15) is 46.8 Å². The van der Waals surface area contributed by atoms with Crippen LogP contribution < -0.4 is 9.47 Å². The van der Waals surface area contributed by atoms with Crippen LogP contribution in [0.4, 0.5) is 4.79 Å². The Morgan fingerprint density at radius 3 is 2.55 bits per heavy atom. The average Bonchev–Trinajstić information content (AvgIpc) is 3.08. The minimum Gasteiger partial charge on any atom is -0.496 e. The first kappa shape index (κ1) is 22.5. The fourth-order valence-corrected chi connectivity index (χ4v) is 3.15. The molecule has 0 amide bonds. The van der Waals surface area contributed by atoms with Crippen molar-refractivity contribution in [2.75, 3.05) is 20.3 Å². The van der Waals surface area contributed by atoms with E-state index in [9.17, 15) is 14.4 Å². The van der Waals surface area contributed by atoms with Gasteiger partial charge in [0.15, 0.2) is 11.8 Å². The van der Waals surface area contributed by atoms with Gasteiger partial charge in [-0.25, -0.2) is 9.59 Å². The van der Waals surface area contributed by atoms with Crippen molar-refractivity contribution in [3.05, 3.63) is 33.9 Å². The second kappa shape index (κ2) is 10.2. The summed E-state index contributed by atoms with van der Waals surface area (Å²) in [6.45, 7) is 3.73. The molecule has 29 heavy (non-hydrogen) atoms. The summed E-state index contributed by atoms with van der Waals surface area (Å²) in [6.07, 6.45) is 1.87. The lowest BCUT2D eigenvalue weighted by atomic mass is 9.94. The van der Waals surface area contributed by atoms with Gasteiger partial charge in [0, 0.05) is 17.5 Å². The van der Waals surface area contributed by atoms with E-state index in [2.05, 4.69) is 9.47 Å². The summed E-state index contributed by atoms with van der Waals surface area (Å²) in [5.41, 5.74) is 2.90. The summed E-state index contributed by atoms with van der Waals surface area (Å²) >= 11 is 5.42. The van der Waals surface area contributed by atoms with Crippen LogP contribution >= 0.6 is 11.6 Å². The number of rotatable bonds is 8.